The summed E-state index contributed by atoms with van der Waals surface area (Å²) < 4.78 is 65.2. The monoisotopic (exact) mass is 429 g/mol. The van der Waals surface area contributed by atoms with Gasteiger partial charge in [0, 0.05) is 18.1 Å². The molecule has 3 aromatic rings. The van der Waals surface area contributed by atoms with Gasteiger partial charge < -0.3 is 5.32 Å². The van der Waals surface area contributed by atoms with E-state index in [0.717, 1.165) is 5.51 Å². The van der Waals surface area contributed by atoms with Crippen LogP contribution in [0.25, 0.3) is 0 Å². The minimum atomic E-state index is -4.75. The fourth-order valence-electron chi connectivity index (χ4n) is 2.05. The fourth-order valence-corrected chi connectivity index (χ4v) is 3.71. The summed E-state index contributed by atoms with van der Waals surface area (Å²) in [5.41, 5.74) is -0.243. The number of sulfonamides is 1. The van der Waals surface area contributed by atoms with E-state index in [4.69, 9.17) is 0 Å². The van der Waals surface area contributed by atoms with E-state index in [2.05, 4.69) is 25.0 Å². The molecule has 146 valence electrons. The smallest absolute Gasteiger partial charge is 0.321 e. The molecule has 2 heterocycles. The quantitative estimate of drug-likeness (QED) is 0.645. The first kappa shape index (κ1) is 19.7. The van der Waals surface area contributed by atoms with Crippen molar-refractivity contribution in [3.8, 4) is 0 Å². The van der Waals surface area contributed by atoms with Crippen molar-refractivity contribution in [1.82, 2.24) is 15.0 Å². The molecule has 0 unspecified atom stereocenters. The van der Waals surface area contributed by atoms with Crippen molar-refractivity contribution in [2.45, 2.75) is 11.1 Å². The molecular formula is C15H10F3N5O3S2. The van der Waals surface area contributed by atoms with Crippen LogP contribution < -0.4 is 10.0 Å². The molecule has 0 spiro atoms. The topological polar surface area (TPSA) is 114 Å². The van der Waals surface area contributed by atoms with Crippen molar-refractivity contribution in [3.63, 3.8) is 0 Å². The van der Waals surface area contributed by atoms with Crippen molar-refractivity contribution in [1.29, 1.82) is 0 Å². The Morgan fingerprint density at radius 3 is 2.29 bits per heavy atom. The molecule has 2 N–H and O–H groups in total. The van der Waals surface area contributed by atoms with Gasteiger partial charge in [-0.2, -0.15) is 13.2 Å². The normalized spacial score (nSPS) is 11.8. The van der Waals surface area contributed by atoms with Crippen molar-refractivity contribution in [2.75, 3.05) is 10.0 Å². The van der Waals surface area contributed by atoms with Crippen LogP contribution in [-0.2, 0) is 16.2 Å². The zero-order chi connectivity index (χ0) is 20.4. The zero-order valence-corrected chi connectivity index (χ0v) is 15.3. The van der Waals surface area contributed by atoms with Gasteiger partial charge in [-0.05, 0) is 30.3 Å². The third-order valence-corrected chi connectivity index (χ3v) is 5.43. The second kappa shape index (κ2) is 7.52. The molecule has 0 aliphatic carbocycles. The number of rotatable bonds is 5. The number of hydrogen-bond donors (Lipinski definition) is 2. The van der Waals surface area contributed by atoms with Gasteiger partial charge in [-0.15, -0.1) is 11.3 Å². The van der Waals surface area contributed by atoms with Crippen LogP contribution in [0, 0.1) is 0 Å². The summed E-state index contributed by atoms with van der Waals surface area (Å²) in [5.74, 6) is -1.12. The van der Waals surface area contributed by atoms with E-state index in [0.29, 0.717) is 11.3 Å². The fraction of sp³-hybridized carbons (Fsp3) is 0.0667. The predicted octanol–water partition coefficient (Wildman–Crippen LogP) is 3.01. The van der Waals surface area contributed by atoms with Crippen LogP contribution in [0.1, 0.15) is 15.4 Å². The molecule has 0 bridgehead atoms. The van der Waals surface area contributed by atoms with E-state index < -0.39 is 32.7 Å². The van der Waals surface area contributed by atoms with Crippen LogP contribution in [0.2, 0.25) is 0 Å². The van der Waals surface area contributed by atoms with Crippen molar-refractivity contribution in [2.24, 2.45) is 0 Å². The average Bonchev–Trinajstić information content (AvgIpc) is 3.13. The van der Waals surface area contributed by atoms with Gasteiger partial charge in [-0.1, -0.05) is 0 Å². The molecule has 0 aliphatic rings. The number of carbonyl (C=O) groups is 1. The highest BCUT2D eigenvalue weighted by atomic mass is 32.2. The Labute approximate surface area is 160 Å². The maximum Gasteiger partial charge on any atom is 0.434 e. The predicted molar refractivity (Wildman–Crippen MR) is 94.4 cm³/mol. The first-order valence-corrected chi connectivity index (χ1v) is 9.75. The van der Waals surface area contributed by atoms with Crippen LogP contribution in [-0.4, -0.2) is 29.3 Å². The molecule has 13 heteroatoms. The molecule has 0 radical (unpaired) electrons. The number of aromatic nitrogens is 3. The van der Waals surface area contributed by atoms with Crippen molar-refractivity contribution >= 4 is 38.9 Å². The zero-order valence-electron chi connectivity index (χ0n) is 13.6. The Balaban J connectivity index is 1.75. The molecule has 8 nitrogen and oxygen atoms in total. The van der Waals surface area contributed by atoms with Gasteiger partial charge in [-0.25, -0.2) is 28.1 Å². The maximum atomic E-state index is 12.8. The number of alkyl halides is 3. The van der Waals surface area contributed by atoms with Crippen molar-refractivity contribution in [3.05, 3.63) is 58.8 Å². The Kier molecular flexibility index (Phi) is 5.29. The van der Waals surface area contributed by atoms with E-state index in [-0.39, 0.29) is 16.5 Å². The molecule has 0 aliphatic heterocycles. The van der Waals surface area contributed by atoms with Crippen LogP contribution in [0.4, 0.5) is 24.8 Å². The van der Waals surface area contributed by atoms with Gasteiger partial charge in [0.2, 0.25) is 5.95 Å². The van der Waals surface area contributed by atoms with Gasteiger partial charge in [0.05, 0.1) is 10.4 Å². The van der Waals surface area contributed by atoms with E-state index in [1.807, 2.05) is 0 Å². The SMILES string of the molecule is O=C(Nc1ccc(S(=O)(=O)Nc2ncccn2)cc1)c1scnc1C(F)(F)F. The number of nitrogens with one attached hydrogen (secondary N) is 2. The number of thiazole rings is 1. The lowest BCUT2D eigenvalue weighted by Crippen LogP contribution is -2.17. The van der Waals surface area contributed by atoms with Gasteiger partial charge >= 0.3 is 6.18 Å². The van der Waals surface area contributed by atoms with Gasteiger partial charge in [0.15, 0.2) is 5.69 Å². The van der Waals surface area contributed by atoms with Gasteiger partial charge in [-0.3, -0.25) is 4.79 Å². The largest absolute Gasteiger partial charge is 0.434 e. The summed E-state index contributed by atoms with van der Waals surface area (Å²) in [6, 6.07) is 6.36. The Morgan fingerprint density at radius 2 is 1.68 bits per heavy atom. The molecule has 3 rings (SSSR count). The lowest BCUT2D eigenvalue weighted by molar-refractivity contribution is -0.141. The van der Waals surface area contributed by atoms with E-state index in [1.165, 1.54) is 42.7 Å². The first-order valence-electron chi connectivity index (χ1n) is 7.39. The van der Waals surface area contributed by atoms with Crippen LogP contribution >= 0.6 is 11.3 Å². The van der Waals surface area contributed by atoms with Crippen LogP contribution in [0.3, 0.4) is 0 Å². The summed E-state index contributed by atoms with van der Waals surface area (Å²) in [4.78, 5) is 22.0. The molecule has 0 fully saturated rings. The first-order chi connectivity index (χ1) is 13.2. The lowest BCUT2D eigenvalue weighted by atomic mass is 10.3. The second-order valence-electron chi connectivity index (χ2n) is 5.18. The highest BCUT2D eigenvalue weighted by Crippen LogP contribution is 2.33. The lowest BCUT2D eigenvalue weighted by Gasteiger charge is -2.09. The minimum absolute atomic E-state index is 0.112. The third kappa shape index (κ3) is 4.43. The number of carbonyl (C=O) groups excluding carboxylic acids is 1. The summed E-state index contributed by atoms with van der Waals surface area (Å²) in [5, 5.41) is 2.28. The number of benzene rings is 1. The number of amides is 1. The van der Waals surface area contributed by atoms with Crippen LogP contribution in [0.5, 0.6) is 0 Å². The number of halogens is 3. The summed E-state index contributed by atoms with van der Waals surface area (Å²) >= 11 is 0.549. The Bertz CT molecular complexity index is 1080. The van der Waals surface area contributed by atoms with E-state index in [9.17, 15) is 26.4 Å². The molecule has 0 atom stereocenters. The summed E-state index contributed by atoms with van der Waals surface area (Å²) in [6.07, 6.45) is -2.04. The molecule has 2 aromatic heterocycles. The van der Waals surface area contributed by atoms with E-state index in [1.54, 1.807) is 0 Å². The highest BCUT2D eigenvalue weighted by Gasteiger charge is 2.38. The Morgan fingerprint density at radius 1 is 1.04 bits per heavy atom. The molecular weight excluding hydrogens is 419 g/mol. The number of hydrogen-bond acceptors (Lipinski definition) is 7. The molecule has 0 saturated carbocycles. The molecule has 1 aromatic carbocycles. The molecule has 0 saturated heterocycles. The Hall–Kier alpha value is -3.06. The third-order valence-electron chi connectivity index (χ3n) is 3.26. The number of nitrogens with zero attached hydrogens (tertiary/aromatic N) is 3. The standard InChI is InChI=1S/C15H10F3N5O3S2/c16-15(17,18)12-11(27-8-21-12)13(24)22-9-2-4-10(5-3-9)28(25,26)23-14-19-6-1-7-20-14/h1-8H,(H,22,24)(H,19,20,23). The number of anilines is 2. The van der Waals surface area contributed by atoms with Crippen LogP contribution in [0.15, 0.2) is 53.1 Å². The highest BCUT2D eigenvalue weighted by molar-refractivity contribution is 7.92. The maximum absolute atomic E-state index is 12.8. The molecule has 28 heavy (non-hydrogen) atoms. The van der Waals surface area contributed by atoms with Crippen molar-refractivity contribution < 1.29 is 26.4 Å². The van der Waals surface area contributed by atoms with Gasteiger partial charge in [0.1, 0.15) is 4.88 Å². The van der Waals surface area contributed by atoms with E-state index >= 15 is 0 Å². The minimum Gasteiger partial charge on any atom is -0.321 e. The second-order valence-corrected chi connectivity index (χ2v) is 7.72. The molecule has 1 amide bonds. The summed E-state index contributed by atoms with van der Waals surface area (Å²) in [7, 11) is -3.97. The van der Waals surface area contributed by atoms with Gasteiger partial charge in [0.25, 0.3) is 15.9 Å². The average molecular weight is 429 g/mol. The summed E-state index contributed by atoms with van der Waals surface area (Å²) in [6.45, 7) is 0.